The van der Waals surface area contributed by atoms with E-state index < -0.39 is 5.97 Å². The van der Waals surface area contributed by atoms with Gasteiger partial charge in [0.25, 0.3) is 0 Å². The molecule has 1 aliphatic carbocycles. The number of hydrogen-bond donors (Lipinski definition) is 1. The standard InChI is InChI=1S/C13H21NO3/c1-9-8-11(9)13(17)14-6-4-10(5-7-14)2-3-12(15)16/h9-11H,2-8H2,1H3,(H,15,16). The highest BCUT2D eigenvalue weighted by Gasteiger charge is 2.41. The lowest BCUT2D eigenvalue weighted by atomic mass is 9.92. The summed E-state index contributed by atoms with van der Waals surface area (Å²) in [5.74, 6) is 0.967. The Hall–Kier alpha value is -1.06. The van der Waals surface area contributed by atoms with E-state index in [1.54, 1.807) is 0 Å². The van der Waals surface area contributed by atoms with Crippen LogP contribution in [-0.4, -0.2) is 35.0 Å². The maximum absolute atomic E-state index is 12.0. The van der Waals surface area contributed by atoms with Crippen LogP contribution in [0.1, 0.15) is 39.0 Å². The van der Waals surface area contributed by atoms with Crippen molar-refractivity contribution in [3.63, 3.8) is 0 Å². The van der Waals surface area contributed by atoms with E-state index in [0.717, 1.165) is 38.8 Å². The van der Waals surface area contributed by atoms with Crippen LogP contribution in [0.15, 0.2) is 0 Å². The molecule has 1 aliphatic heterocycles. The molecule has 17 heavy (non-hydrogen) atoms. The minimum atomic E-state index is -0.713. The predicted molar refractivity (Wildman–Crippen MR) is 63.4 cm³/mol. The van der Waals surface area contributed by atoms with Crippen molar-refractivity contribution in [3.8, 4) is 0 Å². The summed E-state index contributed by atoms with van der Waals surface area (Å²) in [5.41, 5.74) is 0. The fourth-order valence-corrected chi connectivity index (χ4v) is 2.67. The van der Waals surface area contributed by atoms with E-state index >= 15 is 0 Å². The van der Waals surface area contributed by atoms with E-state index in [1.165, 1.54) is 0 Å². The Morgan fingerprint density at radius 3 is 2.35 bits per heavy atom. The zero-order chi connectivity index (χ0) is 12.4. The summed E-state index contributed by atoms with van der Waals surface area (Å²) in [5, 5.41) is 8.63. The summed E-state index contributed by atoms with van der Waals surface area (Å²) in [6, 6.07) is 0. The van der Waals surface area contributed by atoms with Crippen molar-refractivity contribution in [1.29, 1.82) is 0 Å². The van der Waals surface area contributed by atoms with Gasteiger partial charge in [0.2, 0.25) is 5.91 Å². The van der Waals surface area contributed by atoms with Crippen LogP contribution in [-0.2, 0) is 9.59 Å². The fraction of sp³-hybridized carbons (Fsp3) is 0.846. The zero-order valence-corrected chi connectivity index (χ0v) is 10.4. The highest BCUT2D eigenvalue weighted by molar-refractivity contribution is 5.81. The third-order valence-corrected chi connectivity index (χ3v) is 4.12. The number of carboxylic acids is 1. The highest BCUT2D eigenvalue weighted by Crippen LogP contribution is 2.39. The number of carboxylic acid groups (broad SMARTS) is 1. The van der Waals surface area contributed by atoms with Gasteiger partial charge in [-0.2, -0.15) is 0 Å². The van der Waals surface area contributed by atoms with Crippen molar-refractivity contribution < 1.29 is 14.7 Å². The molecule has 2 fully saturated rings. The number of aliphatic carboxylic acids is 1. The number of hydrogen-bond acceptors (Lipinski definition) is 2. The molecular weight excluding hydrogens is 218 g/mol. The minimum absolute atomic E-state index is 0.262. The molecule has 2 atom stereocenters. The van der Waals surface area contributed by atoms with Crippen LogP contribution in [0, 0.1) is 17.8 Å². The molecule has 0 spiro atoms. The van der Waals surface area contributed by atoms with Crippen molar-refractivity contribution in [2.75, 3.05) is 13.1 Å². The van der Waals surface area contributed by atoms with Crippen LogP contribution >= 0.6 is 0 Å². The van der Waals surface area contributed by atoms with E-state index in [4.69, 9.17) is 5.11 Å². The highest BCUT2D eigenvalue weighted by atomic mass is 16.4. The van der Waals surface area contributed by atoms with Crippen LogP contribution in [0.5, 0.6) is 0 Å². The Morgan fingerprint density at radius 2 is 1.88 bits per heavy atom. The summed E-state index contributed by atoms with van der Waals surface area (Å²) < 4.78 is 0. The minimum Gasteiger partial charge on any atom is -0.481 e. The van der Waals surface area contributed by atoms with Gasteiger partial charge in [0.1, 0.15) is 0 Å². The monoisotopic (exact) mass is 239 g/mol. The first kappa shape index (κ1) is 12.4. The van der Waals surface area contributed by atoms with Crippen molar-refractivity contribution >= 4 is 11.9 Å². The summed E-state index contributed by atoms with van der Waals surface area (Å²) in [6.45, 7) is 3.78. The summed E-state index contributed by atoms with van der Waals surface area (Å²) in [4.78, 5) is 24.4. The van der Waals surface area contributed by atoms with E-state index in [1.807, 2.05) is 4.90 Å². The normalized spacial score (nSPS) is 29.1. The summed E-state index contributed by atoms with van der Waals surface area (Å²) >= 11 is 0. The van der Waals surface area contributed by atoms with Gasteiger partial charge >= 0.3 is 5.97 Å². The van der Waals surface area contributed by atoms with Gasteiger partial charge in [-0.25, -0.2) is 0 Å². The molecule has 0 bridgehead atoms. The van der Waals surface area contributed by atoms with Crippen LogP contribution < -0.4 is 0 Å². The average molecular weight is 239 g/mol. The first-order chi connectivity index (χ1) is 8.08. The number of nitrogens with zero attached hydrogens (tertiary/aromatic N) is 1. The Bertz CT molecular complexity index is 308. The van der Waals surface area contributed by atoms with Gasteiger partial charge in [-0.1, -0.05) is 6.92 Å². The molecule has 0 aromatic rings. The van der Waals surface area contributed by atoms with Crippen molar-refractivity contribution in [2.45, 2.75) is 39.0 Å². The quantitative estimate of drug-likeness (QED) is 0.813. The molecule has 4 nitrogen and oxygen atoms in total. The van der Waals surface area contributed by atoms with Crippen molar-refractivity contribution in [1.82, 2.24) is 4.90 Å². The lowest BCUT2D eigenvalue weighted by Gasteiger charge is -2.32. The first-order valence-electron chi connectivity index (χ1n) is 6.58. The van der Waals surface area contributed by atoms with Gasteiger partial charge in [-0.05, 0) is 37.5 Å². The molecule has 1 saturated heterocycles. The molecule has 1 amide bonds. The summed E-state index contributed by atoms with van der Waals surface area (Å²) in [7, 11) is 0. The fourth-order valence-electron chi connectivity index (χ4n) is 2.67. The maximum Gasteiger partial charge on any atom is 0.303 e. The Morgan fingerprint density at radius 1 is 1.29 bits per heavy atom. The molecule has 2 rings (SSSR count). The SMILES string of the molecule is CC1CC1C(=O)N1CCC(CCC(=O)O)CC1. The van der Waals surface area contributed by atoms with Gasteiger partial charge < -0.3 is 10.0 Å². The lowest BCUT2D eigenvalue weighted by molar-refractivity contribution is -0.138. The van der Waals surface area contributed by atoms with E-state index in [9.17, 15) is 9.59 Å². The van der Waals surface area contributed by atoms with Gasteiger partial charge in [0.05, 0.1) is 0 Å². The van der Waals surface area contributed by atoms with Gasteiger partial charge in [-0.3, -0.25) is 9.59 Å². The molecule has 4 heteroatoms. The third kappa shape index (κ3) is 3.20. The zero-order valence-electron chi connectivity index (χ0n) is 10.4. The van der Waals surface area contributed by atoms with Gasteiger partial charge in [-0.15, -0.1) is 0 Å². The topological polar surface area (TPSA) is 57.6 Å². The smallest absolute Gasteiger partial charge is 0.303 e. The average Bonchev–Trinajstić information content (AvgIpc) is 3.03. The summed E-state index contributed by atoms with van der Waals surface area (Å²) in [6.07, 6.45) is 4.02. The van der Waals surface area contributed by atoms with Crippen LogP contribution in [0.3, 0.4) is 0 Å². The number of carbonyl (C=O) groups is 2. The predicted octanol–water partition coefficient (Wildman–Crippen LogP) is 1.75. The molecule has 1 saturated carbocycles. The molecule has 0 radical (unpaired) electrons. The molecular formula is C13H21NO3. The largest absolute Gasteiger partial charge is 0.481 e. The van der Waals surface area contributed by atoms with Crippen molar-refractivity contribution in [2.24, 2.45) is 17.8 Å². The second kappa shape index (κ2) is 5.07. The van der Waals surface area contributed by atoms with Gasteiger partial charge in [0, 0.05) is 25.4 Å². The van der Waals surface area contributed by atoms with Crippen LogP contribution in [0.2, 0.25) is 0 Å². The number of amides is 1. The van der Waals surface area contributed by atoms with E-state index in [2.05, 4.69) is 6.92 Å². The lowest BCUT2D eigenvalue weighted by Crippen LogP contribution is -2.39. The molecule has 96 valence electrons. The second-order valence-corrected chi connectivity index (χ2v) is 5.52. The number of piperidine rings is 1. The first-order valence-corrected chi connectivity index (χ1v) is 6.58. The van der Waals surface area contributed by atoms with E-state index in [0.29, 0.717) is 17.7 Å². The van der Waals surface area contributed by atoms with Gasteiger partial charge in [0.15, 0.2) is 0 Å². The Labute approximate surface area is 102 Å². The maximum atomic E-state index is 12.0. The Balaban J connectivity index is 1.70. The third-order valence-electron chi connectivity index (χ3n) is 4.12. The molecule has 2 unspecified atom stereocenters. The number of likely N-dealkylation sites (tertiary alicyclic amines) is 1. The molecule has 1 N–H and O–H groups in total. The van der Waals surface area contributed by atoms with Crippen LogP contribution in [0.4, 0.5) is 0 Å². The van der Waals surface area contributed by atoms with Crippen LogP contribution in [0.25, 0.3) is 0 Å². The molecule has 1 heterocycles. The van der Waals surface area contributed by atoms with Crippen molar-refractivity contribution in [3.05, 3.63) is 0 Å². The molecule has 0 aromatic carbocycles. The van der Waals surface area contributed by atoms with E-state index in [-0.39, 0.29) is 12.3 Å². The molecule has 2 aliphatic rings. The molecule has 0 aromatic heterocycles. The number of carbonyl (C=O) groups excluding carboxylic acids is 1. The number of rotatable bonds is 4. The second-order valence-electron chi connectivity index (χ2n) is 5.52. The Kier molecular flexibility index (Phi) is 3.69.